The van der Waals surface area contributed by atoms with Crippen LogP contribution >= 0.6 is 0 Å². The number of hydrogen-bond acceptors (Lipinski definition) is 3. The molecule has 0 radical (unpaired) electrons. The molecule has 4 heteroatoms. The lowest BCUT2D eigenvalue weighted by atomic mass is 10.0. The van der Waals surface area contributed by atoms with Crippen LogP contribution in [0.25, 0.3) is 0 Å². The molecule has 0 rings (SSSR count). The van der Waals surface area contributed by atoms with Crippen LogP contribution in [0.1, 0.15) is 33.1 Å². The fourth-order valence-electron chi connectivity index (χ4n) is 0.987. The molecule has 0 aliphatic heterocycles. The smallest absolute Gasteiger partial charge is 0.330 e. The molecule has 0 spiro atoms. The second kappa shape index (κ2) is 6.78. The van der Waals surface area contributed by atoms with E-state index in [0.717, 1.165) is 29.7 Å². The highest BCUT2D eigenvalue weighted by atomic mass is 28.2. The zero-order valence-electron chi connectivity index (χ0n) is 9.34. The fraction of sp³-hybridized carbons (Fsp3) is 0.700. The van der Waals surface area contributed by atoms with Gasteiger partial charge in [-0.05, 0) is 33.1 Å². The van der Waals surface area contributed by atoms with Crippen LogP contribution in [0.2, 0.25) is 0 Å². The molecule has 0 aromatic rings. The van der Waals surface area contributed by atoms with Gasteiger partial charge in [0.15, 0.2) is 0 Å². The Hall–Kier alpha value is -0.613. The molecule has 82 valence electrons. The van der Waals surface area contributed by atoms with E-state index in [2.05, 4.69) is 20.4 Å². The van der Waals surface area contributed by atoms with E-state index in [-0.39, 0.29) is 11.6 Å². The van der Waals surface area contributed by atoms with E-state index in [1.54, 1.807) is 0 Å². The van der Waals surface area contributed by atoms with Crippen molar-refractivity contribution in [1.82, 2.24) is 0 Å². The second-order valence-electron chi connectivity index (χ2n) is 3.79. The summed E-state index contributed by atoms with van der Waals surface area (Å²) in [6.07, 6.45) is 4.08. The van der Waals surface area contributed by atoms with Gasteiger partial charge < -0.3 is 9.16 Å². The molecule has 0 aliphatic rings. The van der Waals surface area contributed by atoms with Gasteiger partial charge in [-0.1, -0.05) is 6.58 Å². The SMILES string of the molecule is C=CC(=O)OCCCCC(C)(C)O[SiH3]. The first-order valence-corrected chi connectivity index (χ1v) is 5.68. The molecule has 0 fully saturated rings. The zero-order valence-corrected chi connectivity index (χ0v) is 11.3. The first-order valence-electron chi connectivity index (χ1n) is 4.86. The normalized spacial score (nSPS) is 11.3. The van der Waals surface area contributed by atoms with Gasteiger partial charge in [-0.3, -0.25) is 0 Å². The van der Waals surface area contributed by atoms with E-state index < -0.39 is 0 Å². The van der Waals surface area contributed by atoms with Crippen LogP contribution in [0.3, 0.4) is 0 Å². The second-order valence-corrected chi connectivity index (χ2v) is 4.20. The molecule has 0 amide bonds. The molecule has 0 heterocycles. The van der Waals surface area contributed by atoms with Gasteiger partial charge in [0.2, 0.25) is 0 Å². The monoisotopic (exact) mass is 216 g/mol. The molecule has 14 heavy (non-hydrogen) atoms. The van der Waals surface area contributed by atoms with Crippen molar-refractivity contribution in [3.05, 3.63) is 12.7 Å². The van der Waals surface area contributed by atoms with E-state index in [4.69, 9.17) is 9.16 Å². The number of carbonyl (C=O) groups excluding carboxylic acids is 1. The fourth-order valence-corrected chi connectivity index (χ4v) is 1.19. The summed E-state index contributed by atoms with van der Waals surface area (Å²) in [6.45, 7) is 7.95. The summed E-state index contributed by atoms with van der Waals surface area (Å²) in [7, 11) is 0.766. The third-order valence-corrected chi connectivity index (χ3v) is 3.24. The standard InChI is InChI=1S/C10H20O3Si/c1-4-9(11)12-8-6-5-7-10(2,3)13-14/h4H,1,5-8H2,2-3,14H3. The number of unbranched alkanes of at least 4 members (excludes halogenated alkanes) is 1. The first kappa shape index (κ1) is 13.4. The quantitative estimate of drug-likeness (QED) is 0.275. The maximum absolute atomic E-state index is 10.7. The highest BCUT2D eigenvalue weighted by molar-refractivity contribution is 5.98. The number of esters is 1. The van der Waals surface area contributed by atoms with Crippen molar-refractivity contribution in [2.45, 2.75) is 38.7 Å². The Morgan fingerprint density at radius 2 is 2.14 bits per heavy atom. The third kappa shape index (κ3) is 6.86. The van der Waals surface area contributed by atoms with E-state index in [1.165, 1.54) is 6.08 Å². The average molecular weight is 216 g/mol. The van der Waals surface area contributed by atoms with E-state index in [1.807, 2.05) is 0 Å². The topological polar surface area (TPSA) is 35.5 Å². The van der Waals surface area contributed by atoms with Crippen LogP contribution in [0.4, 0.5) is 0 Å². The van der Waals surface area contributed by atoms with Crippen LogP contribution in [-0.2, 0) is 14.0 Å². The number of hydrogen-bond donors (Lipinski definition) is 0. The van der Waals surface area contributed by atoms with Crippen molar-refractivity contribution < 1.29 is 14.0 Å². The summed E-state index contributed by atoms with van der Waals surface area (Å²) in [5.74, 6) is -0.344. The Balaban J connectivity index is 3.38. The van der Waals surface area contributed by atoms with Crippen LogP contribution < -0.4 is 0 Å². The molecular weight excluding hydrogens is 196 g/mol. The lowest BCUT2D eigenvalue weighted by Gasteiger charge is -2.23. The van der Waals surface area contributed by atoms with Crippen molar-refractivity contribution in [2.75, 3.05) is 6.61 Å². The average Bonchev–Trinajstić information content (AvgIpc) is 2.17. The summed E-state index contributed by atoms with van der Waals surface area (Å²) in [5.41, 5.74) is -0.0192. The number of ether oxygens (including phenoxy) is 1. The molecule has 0 aromatic heterocycles. The minimum atomic E-state index is -0.344. The summed E-state index contributed by atoms with van der Waals surface area (Å²) < 4.78 is 10.3. The van der Waals surface area contributed by atoms with Crippen molar-refractivity contribution in [3.8, 4) is 0 Å². The number of rotatable bonds is 7. The predicted octanol–water partition coefficient (Wildman–Crippen LogP) is 0.961. The van der Waals surface area contributed by atoms with Gasteiger partial charge in [-0.15, -0.1) is 0 Å². The lowest BCUT2D eigenvalue weighted by Crippen LogP contribution is -2.22. The summed E-state index contributed by atoms with van der Waals surface area (Å²) in [5, 5.41) is 0. The van der Waals surface area contributed by atoms with E-state index in [0.29, 0.717) is 6.61 Å². The maximum atomic E-state index is 10.7. The maximum Gasteiger partial charge on any atom is 0.330 e. The van der Waals surface area contributed by atoms with Gasteiger partial charge in [-0.2, -0.15) is 0 Å². The van der Waals surface area contributed by atoms with Crippen molar-refractivity contribution in [3.63, 3.8) is 0 Å². The highest BCUT2D eigenvalue weighted by Crippen LogP contribution is 2.15. The van der Waals surface area contributed by atoms with Crippen LogP contribution in [0.15, 0.2) is 12.7 Å². The Labute approximate surface area is 89.0 Å². The first-order chi connectivity index (χ1) is 6.52. The van der Waals surface area contributed by atoms with Gasteiger partial charge in [-0.25, -0.2) is 4.79 Å². The van der Waals surface area contributed by atoms with Crippen LogP contribution in [-0.4, -0.2) is 28.7 Å². The Morgan fingerprint density at radius 1 is 1.50 bits per heavy atom. The Kier molecular flexibility index (Phi) is 6.49. The lowest BCUT2D eigenvalue weighted by molar-refractivity contribution is -0.137. The van der Waals surface area contributed by atoms with Crippen molar-refractivity contribution >= 4 is 16.5 Å². The largest absolute Gasteiger partial charge is 0.463 e. The summed E-state index contributed by atoms with van der Waals surface area (Å²) in [4.78, 5) is 10.7. The van der Waals surface area contributed by atoms with Gasteiger partial charge in [0.05, 0.1) is 6.61 Å². The number of carbonyl (C=O) groups is 1. The van der Waals surface area contributed by atoms with Crippen molar-refractivity contribution in [2.24, 2.45) is 0 Å². The minimum Gasteiger partial charge on any atom is -0.463 e. The third-order valence-electron chi connectivity index (χ3n) is 2.14. The van der Waals surface area contributed by atoms with E-state index >= 15 is 0 Å². The molecule has 0 aromatic carbocycles. The Morgan fingerprint density at radius 3 is 2.64 bits per heavy atom. The molecule has 0 atom stereocenters. The van der Waals surface area contributed by atoms with Crippen LogP contribution in [0, 0.1) is 0 Å². The zero-order chi connectivity index (χ0) is 11.0. The predicted molar refractivity (Wildman–Crippen MR) is 60.1 cm³/mol. The van der Waals surface area contributed by atoms with Gasteiger partial charge in [0.1, 0.15) is 10.5 Å². The molecular formula is C10H20O3Si. The summed E-state index contributed by atoms with van der Waals surface area (Å²) in [6, 6.07) is 0. The molecule has 0 N–H and O–H groups in total. The molecule has 0 aliphatic carbocycles. The van der Waals surface area contributed by atoms with Gasteiger partial charge >= 0.3 is 5.97 Å². The molecule has 0 bridgehead atoms. The van der Waals surface area contributed by atoms with Crippen LogP contribution in [0.5, 0.6) is 0 Å². The molecule has 0 unspecified atom stereocenters. The highest BCUT2D eigenvalue weighted by Gasteiger charge is 2.14. The molecule has 3 nitrogen and oxygen atoms in total. The van der Waals surface area contributed by atoms with Crippen molar-refractivity contribution in [1.29, 1.82) is 0 Å². The summed E-state index contributed by atoms with van der Waals surface area (Å²) >= 11 is 0. The minimum absolute atomic E-state index is 0.0192. The Bertz CT molecular complexity index is 190. The van der Waals surface area contributed by atoms with E-state index in [9.17, 15) is 4.79 Å². The molecule has 0 saturated heterocycles. The van der Waals surface area contributed by atoms with Gasteiger partial charge in [0, 0.05) is 11.7 Å². The molecule has 0 saturated carbocycles. The van der Waals surface area contributed by atoms with Gasteiger partial charge in [0.25, 0.3) is 0 Å².